The van der Waals surface area contributed by atoms with Crippen molar-refractivity contribution in [3.8, 4) is 5.75 Å². The lowest BCUT2D eigenvalue weighted by molar-refractivity contribution is -0.123. The van der Waals surface area contributed by atoms with Crippen LogP contribution in [-0.2, 0) is 4.79 Å². The van der Waals surface area contributed by atoms with E-state index < -0.39 is 0 Å². The number of hydrogen-bond acceptors (Lipinski definition) is 3. The van der Waals surface area contributed by atoms with E-state index in [9.17, 15) is 4.79 Å². The highest BCUT2D eigenvalue weighted by atomic mass is 16.5. The van der Waals surface area contributed by atoms with Gasteiger partial charge in [0.1, 0.15) is 5.75 Å². The van der Waals surface area contributed by atoms with Gasteiger partial charge >= 0.3 is 0 Å². The van der Waals surface area contributed by atoms with Gasteiger partial charge in [-0.15, -0.1) is 0 Å². The van der Waals surface area contributed by atoms with Crippen LogP contribution in [-0.4, -0.2) is 25.6 Å². The number of carbonyl (C=O) groups excluding carboxylic acids is 1. The molecule has 1 unspecified atom stereocenters. The Morgan fingerprint density at radius 2 is 1.95 bits per heavy atom. The molecule has 0 aliphatic rings. The Morgan fingerprint density at radius 1 is 1.25 bits per heavy atom. The van der Waals surface area contributed by atoms with Crippen LogP contribution < -0.4 is 15.4 Å². The van der Waals surface area contributed by atoms with Crippen LogP contribution in [0.3, 0.4) is 0 Å². The molecule has 0 aromatic heterocycles. The SMILES string of the molecule is CCNC(C)c1ccccc1OCC(=O)NCC(C)C. The third kappa shape index (κ3) is 5.61. The maximum atomic E-state index is 11.7. The van der Waals surface area contributed by atoms with Crippen molar-refractivity contribution >= 4 is 5.91 Å². The topological polar surface area (TPSA) is 50.4 Å². The van der Waals surface area contributed by atoms with Gasteiger partial charge in [0.15, 0.2) is 6.61 Å². The van der Waals surface area contributed by atoms with Gasteiger partial charge in [-0.2, -0.15) is 0 Å². The summed E-state index contributed by atoms with van der Waals surface area (Å²) in [5.41, 5.74) is 1.08. The van der Waals surface area contributed by atoms with Crippen molar-refractivity contribution in [3.05, 3.63) is 29.8 Å². The zero-order chi connectivity index (χ0) is 15.0. The Labute approximate surface area is 121 Å². The summed E-state index contributed by atoms with van der Waals surface area (Å²) in [5.74, 6) is 1.13. The zero-order valence-corrected chi connectivity index (χ0v) is 12.9. The number of benzene rings is 1. The normalized spacial score (nSPS) is 12.2. The summed E-state index contributed by atoms with van der Waals surface area (Å²) in [6.07, 6.45) is 0. The molecule has 20 heavy (non-hydrogen) atoms. The van der Waals surface area contributed by atoms with E-state index in [1.54, 1.807) is 0 Å². The minimum Gasteiger partial charge on any atom is -0.483 e. The van der Waals surface area contributed by atoms with Gasteiger partial charge in [0, 0.05) is 18.2 Å². The number of hydrogen-bond donors (Lipinski definition) is 2. The quantitative estimate of drug-likeness (QED) is 0.768. The predicted octanol–water partition coefficient (Wildman–Crippen LogP) is 2.51. The first-order valence-electron chi connectivity index (χ1n) is 7.26. The van der Waals surface area contributed by atoms with Crippen molar-refractivity contribution in [3.63, 3.8) is 0 Å². The molecule has 4 heteroatoms. The molecule has 0 spiro atoms. The summed E-state index contributed by atoms with van der Waals surface area (Å²) < 4.78 is 5.65. The second kappa shape index (κ2) is 8.59. The summed E-state index contributed by atoms with van der Waals surface area (Å²) in [6.45, 7) is 9.91. The van der Waals surface area contributed by atoms with Gasteiger partial charge in [-0.05, 0) is 25.5 Å². The lowest BCUT2D eigenvalue weighted by Crippen LogP contribution is -2.32. The van der Waals surface area contributed by atoms with Gasteiger partial charge in [-0.25, -0.2) is 0 Å². The fourth-order valence-corrected chi connectivity index (χ4v) is 1.90. The lowest BCUT2D eigenvalue weighted by Gasteiger charge is -2.17. The van der Waals surface area contributed by atoms with Crippen LogP contribution >= 0.6 is 0 Å². The van der Waals surface area contributed by atoms with Crippen molar-refractivity contribution < 1.29 is 9.53 Å². The smallest absolute Gasteiger partial charge is 0.257 e. The molecule has 2 N–H and O–H groups in total. The molecule has 0 bridgehead atoms. The van der Waals surface area contributed by atoms with Gasteiger partial charge in [-0.3, -0.25) is 4.79 Å². The molecule has 4 nitrogen and oxygen atoms in total. The number of para-hydroxylation sites is 1. The molecular weight excluding hydrogens is 252 g/mol. The zero-order valence-electron chi connectivity index (χ0n) is 12.9. The molecule has 0 heterocycles. The van der Waals surface area contributed by atoms with E-state index >= 15 is 0 Å². The van der Waals surface area contributed by atoms with Gasteiger partial charge in [-0.1, -0.05) is 39.0 Å². The van der Waals surface area contributed by atoms with E-state index in [0.29, 0.717) is 12.5 Å². The molecule has 1 amide bonds. The molecule has 1 rings (SSSR count). The fraction of sp³-hybridized carbons (Fsp3) is 0.562. The highest BCUT2D eigenvalue weighted by Gasteiger charge is 2.11. The Balaban J connectivity index is 2.57. The summed E-state index contributed by atoms with van der Waals surface area (Å²) in [6, 6.07) is 8.03. The molecule has 0 fully saturated rings. The minimum atomic E-state index is -0.0791. The first-order valence-corrected chi connectivity index (χ1v) is 7.26. The van der Waals surface area contributed by atoms with Crippen LogP contribution in [0.5, 0.6) is 5.75 Å². The number of rotatable bonds is 8. The lowest BCUT2D eigenvalue weighted by atomic mass is 10.1. The van der Waals surface area contributed by atoms with E-state index in [1.165, 1.54) is 0 Å². The van der Waals surface area contributed by atoms with E-state index in [0.717, 1.165) is 17.9 Å². The molecule has 0 aliphatic carbocycles. The summed E-state index contributed by atoms with van der Waals surface area (Å²) in [5, 5.41) is 6.20. The van der Waals surface area contributed by atoms with Gasteiger partial charge in [0.2, 0.25) is 0 Å². The number of amides is 1. The van der Waals surface area contributed by atoms with Crippen LogP contribution in [0.4, 0.5) is 0 Å². The Morgan fingerprint density at radius 3 is 2.60 bits per heavy atom. The summed E-state index contributed by atoms with van der Waals surface area (Å²) in [7, 11) is 0. The number of ether oxygens (including phenoxy) is 1. The van der Waals surface area contributed by atoms with Crippen molar-refractivity contribution in [2.24, 2.45) is 5.92 Å². The van der Waals surface area contributed by atoms with Crippen LogP contribution in [0.15, 0.2) is 24.3 Å². The predicted molar refractivity (Wildman–Crippen MR) is 81.9 cm³/mol. The fourth-order valence-electron chi connectivity index (χ4n) is 1.90. The second-order valence-electron chi connectivity index (χ2n) is 5.30. The van der Waals surface area contributed by atoms with Crippen molar-refractivity contribution in [1.82, 2.24) is 10.6 Å². The Kier molecular flexibility index (Phi) is 7.09. The Bertz CT molecular complexity index is 419. The molecule has 112 valence electrons. The molecule has 1 atom stereocenters. The highest BCUT2D eigenvalue weighted by molar-refractivity contribution is 5.77. The van der Waals surface area contributed by atoms with Crippen molar-refractivity contribution in [1.29, 1.82) is 0 Å². The van der Waals surface area contributed by atoms with Crippen LogP contribution in [0.1, 0.15) is 39.3 Å². The molecule has 0 radical (unpaired) electrons. The summed E-state index contributed by atoms with van der Waals surface area (Å²) >= 11 is 0. The highest BCUT2D eigenvalue weighted by Crippen LogP contribution is 2.24. The third-order valence-electron chi connectivity index (χ3n) is 2.96. The molecule has 1 aromatic carbocycles. The second-order valence-corrected chi connectivity index (χ2v) is 5.30. The first kappa shape index (κ1) is 16.5. The van der Waals surface area contributed by atoms with E-state index in [4.69, 9.17) is 4.74 Å². The van der Waals surface area contributed by atoms with Crippen LogP contribution in [0.2, 0.25) is 0 Å². The van der Waals surface area contributed by atoms with E-state index in [2.05, 4.69) is 38.3 Å². The molecule has 0 saturated heterocycles. The average molecular weight is 278 g/mol. The van der Waals surface area contributed by atoms with Gasteiger partial charge in [0.25, 0.3) is 5.91 Å². The monoisotopic (exact) mass is 278 g/mol. The molecule has 0 saturated carbocycles. The molecule has 1 aromatic rings. The van der Waals surface area contributed by atoms with Crippen LogP contribution in [0.25, 0.3) is 0 Å². The minimum absolute atomic E-state index is 0.0581. The summed E-state index contributed by atoms with van der Waals surface area (Å²) in [4.78, 5) is 11.7. The molecule has 0 aliphatic heterocycles. The van der Waals surface area contributed by atoms with Crippen LogP contribution in [0, 0.1) is 5.92 Å². The van der Waals surface area contributed by atoms with Gasteiger partial charge in [0.05, 0.1) is 0 Å². The third-order valence-corrected chi connectivity index (χ3v) is 2.96. The molecular formula is C16H26N2O2. The largest absolute Gasteiger partial charge is 0.483 e. The van der Waals surface area contributed by atoms with Crippen molar-refractivity contribution in [2.75, 3.05) is 19.7 Å². The maximum Gasteiger partial charge on any atom is 0.257 e. The van der Waals surface area contributed by atoms with Crippen molar-refractivity contribution in [2.45, 2.75) is 33.7 Å². The Hall–Kier alpha value is -1.55. The van der Waals surface area contributed by atoms with E-state index in [-0.39, 0.29) is 18.6 Å². The van der Waals surface area contributed by atoms with Gasteiger partial charge < -0.3 is 15.4 Å². The number of nitrogens with one attached hydrogen (secondary N) is 2. The first-order chi connectivity index (χ1) is 9.54. The average Bonchev–Trinajstić information content (AvgIpc) is 2.43. The standard InChI is InChI=1S/C16H26N2O2/c1-5-17-13(4)14-8-6-7-9-15(14)20-11-16(19)18-10-12(2)3/h6-9,12-13,17H,5,10-11H2,1-4H3,(H,18,19). The maximum absolute atomic E-state index is 11.7. The van der Waals surface area contributed by atoms with E-state index in [1.807, 2.05) is 24.3 Å². The number of carbonyl (C=O) groups is 1.